The van der Waals surface area contributed by atoms with Gasteiger partial charge in [-0.05, 0) is 34.3 Å². The van der Waals surface area contributed by atoms with E-state index in [-0.39, 0.29) is 0 Å². The van der Waals surface area contributed by atoms with Crippen molar-refractivity contribution in [2.75, 3.05) is 18.5 Å². The Kier molecular flexibility index (Phi) is 6.80. The summed E-state index contributed by atoms with van der Waals surface area (Å²) in [4.78, 5) is 6.83. The Morgan fingerprint density at radius 3 is 2.58 bits per heavy atom. The van der Waals surface area contributed by atoms with Gasteiger partial charge in [0.25, 0.3) is 0 Å². The third kappa shape index (κ3) is 5.91. The molecule has 108 valence electrons. The van der Waals surface area contributed by atoms with Gasteiger partial charge >= 0.3 is 0 Å². The number of rotatable bonds is 7. The molecule has 0 aromatic carbocycles. The lowest BCUT2D eigenvalue weighted by Crippen LogP contribution is -2.26. The maximum absolute atomic E-state index is 4.57. The summed E-state index contributed by atoms with van der Waals surface area (Å²) in [7, 11) is 2.12. The molecular weight excluding hydrogens is 302 g/mol. The van der Waals surface area contributed by atoms with E-state index in [2.05, 4.69) is 71.9 Å². The topological polar surface area (TPSA) is 28.2 Å². The Hall–Kier alpha value is -0.610. The lowest BCUT2D eigenvalue weighted by Gasteiger charge is -2.23. The molecule has 0 aliphatic carbocycles. The number of hydrogen-bond acceptors (Lipinski definition) is 3. The molecule has 0 saturated carbocycles. The molecule has 0 unspecified atom stereocenters. The molecule has 0 atom stereocenters. The number of aromatic nitrogens is 1. The first kappa shape index (κ1) is 16.4. The zero-order valence-electron chi connectivity index (χ0n) is 12.7. The second-order valence-corrected chi connectivity index (χ2v) is 6.69. The van der Waals surface area contributed by atoms with Gasteiger partial charge in [0.1, 0.15) is 5.82 Å². The molecule has 1 aromatic rings. The molecule has 0 amide bonds. The predicted molar refractivity (Wildman–Crippen MR) is 86.6 cm³/mol. The fraction of sp³-hybridized carbons (Fsp3) is 0.667. The van der Waals surface area contributed by atoms with E-state index in [0.717, 1.165) is 29.3 Å². The van der Waals surface area contributed by atoms with E-state index in [9.17, 15) is 0 Å². The molecule has 0 saturated heterocycles. The number of nitrogens with one attached hydrogen (secondary N) is 1. The second-order valence-electron chi connectivity index (χ2n) is 5.78. The largest absolute Gasteiger partial charge is 0.359 e. The van der Waals surface area contributed by atoms with E-state index >= 15 is 0 Å². The molecule has 0 spiro atoms. The summed E-state index contributed by atoms with van der Waals surface area (Å²) in [5, 5.41) is 3.46. The fourth-order valence-electron chi connectivity index (χ4n) is 1.82. The van der Waals surface area contributed by atoms with Crippen LogP contribution in [0.1, 0.15) is 39.7 Å². The average molecular weight is 328 g/mol. The zero-order chi connectivity index (χ0) is 14.4. The maximum atomic E-state index is 4.57. The van der Waals surface area contributed by atoms with Crippen LogP contribution in [0, 0.1) is 5.92 Å². The highest BCUT2D eigenvalue weighted by Crippen LogP contribution is 2.21. The monoisotopic (exact) mass is 327 g/mol. The molecule has 0 radical (unpaired) electrons. The van der Waals surface area contributed by atoms with Crippen LogP contribution in [0.2, 0.25) is 0 Å². The van der Waals surface area contributed by atoms with Crippen molar-refractivity contribution in [2.24, 2.45) is 5.92 Å². The maximum Gasteiger partial charge on any atom is 0.132 e. The molecule has 1 aromatic heterocycles. The minimum atomic E-state index is 0.479. The van der Waals surface area contributed by atoms with Gasteiger partial charge in [-0.25, -0.2) is 4.98 Å². The Morgan fingerprint density at radius 1 is 1.32 bits per heavy atom. The van der Waals surface area contributed by atoms with Crippen LogP contribution in [-0.4, -0.2) is 24.6 Å². The van der Waals surface area contributed by atoms with Crippen LogP contribution in [0.15, 0.2) is 16.7 Å². The molecular formula is C15H26BrN3. The summed E-state index contributed by atoms with van der Waals surface area (Å²) in [5.74, 6) is 1.80. The van der Waals surface area contributed by atoms with Gasteiger partial charge in [-0.3, -0.25) is 0 Å². The SMILES string of the molecule is CC(C)CCN(C)c1ncc(Br)cc1CNC(C)C. The van der Waals surface area contributed by atoms with Crippen molar-refractivity contribution in [1.82, 2.24) is 10.3 Å². The van der Waals surface area contributed by atoms with Crippen molar-refractivity contribution < 1.29 is 0 Å². The molecule has 0 bridgehead atoms. The molecule has 1 heterocycles. The van der Waals surface area contributed by atoms with E-state index in [1.807, 2.05) is 6.20 Å². The number of anilines is 1. The molecule has 0 aliphatic heterocycles. The van der Waals surface area contributed by atoms with E-state index in [0.29, 0.717) is 6.04 Å². The van der Waals surface area contributed by atoms with E-state index in [1.54, 1.807) is 0 Å². The third-order valence-corrected chi connectivity index (χ3v) is 3.45. The van der Waals surface area contributed by atoms with Crippen molar-refractivity contribution in [2.45, 2.75) is 46.7 Å². The molecule has 0 fully saturated rings. The van der Waals surface area contributed by atoms with E-state index in [1.165, 1.54) is 12.0 Å². The van der Waals surface area contributed by atoms with Gasteiger partial charge in [0.2, 0.25) is 0 Å². The minimum Gasteiger partial charge on any atom is -0.359 e. The van der Waals surface area contributed by atoms with Gasteiger partial charge in [-0.15, -0.1) is 0 Å². The van der Waals surface area contributed by atoms with Gasteiger partial charge in [0.15, 0.2) is 0 Å². The van der Waals surface area contributed by atoms with Crippen LogP contribution in [0.5, 0.6) is 0 Å². The Balaban J connectivity index is 2.79. The predicted octanol–water partition coefficient (Wildman–Crippen LogP) is 3.82. The molecule has 19 heavy (non-hydrogen) atoms. The number of halogens is 1. The first-order valence-electron chi connectivity index (χ1n) is 6.99. The summed E-state index contributed by atoms with van der Waals surface area (Å²) < 4.78 is 1.04. The lowest BCUT2D eigenvalue weighted by molar-refractivity contribution is 0.574. The Labute approximate surface area is 125 Å². The highest BCUT2D eigenvalue weighted by Gasteiger charge is 2.10. The van der Waals surface area contributed by atoms with E-state index < -0.39 is 0 Å². The Morgan fingerprint density at radius 2 is 2.00 bits per heavy atom. The molecule has 1 N–H and O–H groups in total. The first-order valence-corrected chi connectivity index (χ1v) is 7.78. The summed E-state index contributed by atoms with van der Waals surface area (Å²) >= 11 is 3.51. The van der Waals surface area contributed by atoms with Crippen molar-refractivity contribution in [1.29, 1.82) is 0 Å². The summed E-state index contributed by atoms with van der Waals surface area (Å²) in [6.45, 7) is 10.7. The van der Waals surface area contributed by atoms with Crippen molar-refractivity contribution >= 4 is 21.7 Å². The molecule has 3 nitrogen and oxygen atoms in total. The molecule has 4 heteroatoms. The minimum absolute atomic E-state index is 0.479. The van der Waals surface area contributed by atoms with Gasteiger partial charge in [-0.1, -0.05) is 27.7 Å². The van der Waals surface area contributed by atoms with Gasteiger partial charge in [0.05, 0.1) is 0 Å². The van der Waals surface area contributed by atoms with Gasteiger partial charge in [0, 0.05) is 42.4 Å². The average Bonchev–Trinajstić information content (AvgIpc) is 2.33. The number of pyridine rings is 1. The number of nitrogens with zero attached hydrogens (tertiary/aromatic N) is 2. The van der Waals surface area contributed by atoms with Gasteiger partial charge < -0.3 is 10.2 Å². The third-order valence-electron chi connectivity index (χ3n) is 3.01. The summed E-state index contributed by atoms with van der Waals surface area (Å²) in [5.41, 5.74) is 1.24. The van der Waals surface area contributed by atoms with Crippen LogP contribution in [0.3, 0.4) is 0 Å². The standard InChI is InChI=1S/C15H26BrN3/c1-11(2)6-7-19(5)15-13(9-17-12(3)4)8-14(16)10-18-15/h8,10-12,17H,6-7,9H2,1-5H3. The fourth-order valence-corrected chi connectivity index (χ4v) is 2.20. The summed E-state index contributed by atoms with van der Waals surface area (Å²) in [6.07, 6.45) is 3.06. The van der Waals surface area contributed by atoms with Crippen LogP contribution in [0.25, 0.3) is 0 Å². The van der Waals surface area contributed by atoms with Crippen molar-refractivity contribution in [3.63, 3.8) is 0 Å². The first-order chi connectivity index (χ1) is 8.90. The lowest BCUT2D eigenvalue weighted by atomic mass is 10.1. The van der Waals surface area contributed by atoms with Crippen molar-refractivity contribution in [3.05, 3.63) is 22.3 Å². The van der Waals surface area contributed by atoms with E-state index in [4.69, 9.17) is 0 Å². The Bertz CT molecular complexity index is 391. The highest BCUT2D eigenvalue weighted by atomic mass is 79.9. The van der Waals surface area contributed by atoms with Gasteiger partial charge in [-0.2, -0.15) is 0 Å². The van der Waals surface area contributed by atoms with Crippen molar-refractivity contribution in [3.8, 4) is 0 Å². The van der Waals surface area contributed by atoms with Crippen LogP contribution in [-0.2, 0) is 6.54 Å². The number of hydrogen-bond donors (Lipinski definition) is 1. The second kappa shape index (κ2) is 7.85. The smallest absolute Gasteiger partial charge is 0.132 e. The normalized spacial score (nSPS) is 11.4. The van der Waals surface area contributed by atoms with Crippen LogP contribution >= 0.6 is 15.9 Å². The molecule has 1 rings (SSSR count). The van der Waals surface area contributed by atoms with Crippen LogP contribution in [0.4, 0.5) is 5.82 Å². The molecule has 0 aliphatic rings. The van der Waals surface area contributed by atoms with Crippen LogP contribution < -0.4 is 10.2 Å². The summed E-state index contributed by atoms with van der Waals surface area (Å²) in [6, 6.07) is 2.64. The highest BCUT2D eigenvalue weighted by molar-refractivity contribution is 9.10. The zero-order valence-corrected chi connectivity index (χ0v) is 14.3. The quantitative estimate of drug-likeness (QED) is 0.825.